The molecule has 24 heavy (non-hydrogen) atoms. The van der Waals surface area contributed by atoms with Gasteiger partial charge in [-0.25, -0.2) is 0 Å². The third kappa shape index (κ3) is 3.85. The Labute approximate surface area is 142 Å². The largest absolute Gasteiger partial charge is 0.505 e. The van der Waals surface area contributed by atoms with E-state index in [0.717, 1.165) is 29.8 Å². The lowest BCUT2D eigenvalue weighted by Crippen LogP contribution is -2.17. The quantitative estimate of drug-likeness (QED) is 0.818. The van der Waals surface area contributed by atoms with Gasteiger partial charge >= 0.3 is 0 Å². The lowest BCUT2D eigenvalue weighted by molar-refractivity contribution is 0.0996. The maximum absolute atomic E-state index is 11.7. The number of benzene rings is 1. The number of primary amides is 1. The predicted molar refractivity (Wildman–Crippen MR) is 93.6 cm³/mol. The molecule has 0 aliphatic carbocycles. The molecule has 0 bridgehead atoms. The number of nitrogens with zero attached hydrogens (tertiary/aromatic N) is 1. The van der Waals surface area contributed by atoms with E-state index in [0.29, 0.717) is 24.1 Å². The van der Waals surface area contributed by atoms with E-state index in [2.05, 4.69) is 4.98 Å². The van der Waals surface area contributed by atoms with E-state index < -0.39 is 5.91 Å². The molecule has 5 heteroatoms. The van der Waals surface area contributed by atoms with Crippen molar-refractivity contribution in [2.24, 2.45) is 5.73 Å². The van der Waals surface area contributed by atoms with Gasteiger partial charge in [0.2, 0.25) is 0 Å². The Morgan fingerprint density at radius 3 is 2.38 bits per heavy atom. The first kappa shape index (κ1) is 17.8. The first-order chi connectivity index (χ1) is 11.5. The second-order valence-corrected chi connectivity index (χ2v) is 5.82. The van der Waals surface area contributed by atoms with E-state index in [4.69, 9.17) is 10.5 Å². The summed E-state index contributed by atoms with van der Waals surface area (Å²) in [6.45, 7) is 3.79. The van der Waals surface area contributed by atoms with Gasteiger partial charge in [0.15, 0.2) is 0 Å². The molecule has 1 aromatic carbocycles. The Balaban J connectivity index is 2.29. The zero-order valence-electron chi connectivity index (χ0n) is 14.4. The zero-order chi connectivity index (χ0) is 17.7. The fraction of sp³-hybridized carbons (Fsp3) is 0.368. The highest BCUT2D eigenvalue weighted by Gasteiger charge is 2.19. The van der Waals surface area contributed by atoms with Crippen molar-refractivity contribution in [3.63, 3.8) is 0 Å². The molecule has 1 aromatic heterocycles. The molecule has 0 aliphatic heterocycles. The highest BCUT2D eigenvalue weighted by molar-refractivity contribution is 5.97. The smallest absolute Gasteiger partial charge is 0.252 e. The molecule has 2 aromatic rings. The summed E-state index contributed by atoms with van der Waals surface area (Å²) in [4.78, 5) is 16.3. The second-order valence-electron chi connectivity index (χ2n) is 5.82. The number of nitrogens with two attached hydrogens (primary N) is 1. The van der Waals surface area contributed by atoms with Gasteiger partial charge in [0.1, 0.15) is 11.5 Å². The molecule has 0 unspecified atom stereocenters. The first-order valence-corrected chi connectivity index (χ1v) is 8.12. The summed E-state index contributed by atoms with van der Waals surface area (Å²) < 4.78 is 5.16. The summed E-state index contributed by atoms with van der Waals surface area (Å²) in [7, 11) is 1.64. The second kappa shape index (κ2) is 7.81. The standard InChI is InChI=1S/C19H24N2O3/c1-4-5-16-18(22)17(19(20)23)12(2)15(21-16)11-8-13-6-9-14(24-3)10-7-13/h6-7,9-10,22H,4-5,8,11H2,1-3H3,(H2,20,23). The van der Waals surface area contributed by atoms with Crippen molar-refractivity contribution in [2.45, 2.75) is 39.5 Å². The molecular weight excluding hydrogens is 304 g/mol. The van der Waals surface area contributed by atoms with Crippen LogP contribution in [0.1, 0.15) is 46.2 Å². The van der Waals surface area contributed by atoms with Gasteiger partial charge in [0, 0.05) is 5.69 Å². The number of amides is 1. The van der Waals surface area contributed by atoms with Crippen LogP contribution in [0.4, 0.5) is 0 Å². The first-order valence-electron chi connectivity index (χ1n) is 8.12. The third-order valence-electron chi connectivity index (χ3n) is 4.13. The van der Waals surface area contributed by atoms with Crippen LogP contribution in [0, 0.1) is 6.92 Å². The van der Waals surface area contributed by atoms with Crippen LogP contribution >= 0.6 is 0 Å². The normalized spacial score (nSPS) is 10.6. The summed E-state index contributed by atoms with van der Waals surface area (Å²) in [6, 6.07) is 7.86. The van der Waals surface area contributed by atoms with Crippen molar-refractivity contribution in [2.75, 3.05) is 7.11 Å². The molecule has 0 saturated heterocycles. The molecule has 1 amide bonds. The van der Waals surface area contributed by atoms with Crippen molar-refractivity contribution in [1.82, 2.24) is 4.98 Å². The van der Waals surface area contributed by atoms with Crippen LogP contribution in [0.5, 0.6) is 11.5 Å². The SMILES string of the molecule is CCCc1nc(CCc2ccc(OC)cc2)c(C)c(C(N)=O)c1O. The molecule has 0 radical (unpaired) electrons. The van der Waals surface area contributed by atoms with Crippen LogP contribution in [-0.2, 0) is 19.3 Å². The number of aryl methyl sites for hydroxylation is 3. The van der Waals surface area contributed by atoms with Crippen molar-refractivity contribution in [3.8, 4) is 11.5 Å². The van der Waals surface area contributed by atoms with Crippen molar-refractivity contribution in [3.05, 3.63) is 52.3 Å². The van der Waals surface area contributed by atoms with E-state index in [1.807, 2.05) is 31.2 Å². The van der Waals surface area contributed by atoms with Crippen LogP contribution in [0.2, 0.25) is 0 Å². The minimum Gasteiger partial charge on any atom is -0.505 e. The van der Waals surface area contributed by atoms with Gasteiger partial charge in [-0.1, -0.05) is 25.5 Å². The Morgan fingerprint density at radius 1 is 1.17 bits per heavy atom. The highest BCUT2D eigenvalue weighted by atomic mass is 16.5. The van der Waals surface area contributed by atoms with Crippen molar-refractivity contribution < 1.29 is 14.6 Å². The summed E-state index contributed by atoms with van der Waals surface area (Å²) in [5, 5.41) is 10.3. The minimum absolute atomic E-state index is 0.0740. The lowest BCUT2D eigenvalue weighted by atomic mass is 9.98. The number of aromatic hydroxyl groups is 1. The molecule has 0 aliphatic rings. The van der Waals surface area contributed by atoms with Crippen LogP contribution in [0.15, 0.2) is 24.3 Å². The number of pyridine rings is 1. The maximum Gasteiger partial charge on any atom is 0.252 e. The molecule has 0 atom stereocenters. The van der Waals surface area contributed by atoms with Gasteiger partial charge in [-0.3, -0.25) is 9.78 Å². The highest BCUT2D eigenvalue weighted by Crippen LogP contribution is 2.28. The average molecular weight is 328 g/mol. The number of rotatable bonds is 7. The van der Waals surface area contributed by atoms with Crippen LogP contribution in [0.25, 0.3) is 0 Å². The molecule has 0 saturated carbocycles. The molecule has 0 fully saturated rings. The summed E-state index contributed by atoms with van der Waals surface area (Å²) >= 11 is 0. The number of hydrogen-bond donors (Lipinski definition) is 2. The molecule has 128 valence electrons. The van der Waals surface area contributed by atoms with Crippen LogP contribution in [0.3, 0.4) is 0 Å². The van der Waals surface area contributed by atoms with Crippen LogP contribution < -0.4 is 10.5 Å². The average Bonchev–Trinajstić information content (AvgIpc) is 2.56. The fourth-order valence-electron chi connectivity index (χ4n) is 2.78. The van der Waals surface area contributed by atoms with Gasteiger partial charge in [-0.15, -0.1) is 0 Å². The minimum atomic E-state index is -0.615. The Morgan fingerprint density at radius 2 is 1.83 bits per heavy atom. The number of hydrogen-bond acceptors (Lipinski definition) is 4. The monoisotopic (exact) mass is 328 g/mol. The summed E-state index contributed by atoms with van der Waals surface area (Å²) in [5.74, 6) is 0.129. The molecular formula is C19H24N2O3. The molecule has 2 rings (SSSR count). The molecule has 1 heterocycles. The Kier molecular flexibility index (Phi) is 5.79. The van der Waals surface area contributed by atoms with E-state index in [-0.39, 0.29) is 11.3 Å². The van der Waals surface area contributed by atoms with Crippen LogP contribution in [-0.4, -0.2) is 23.1 Å². The van der Waals surface area contributed by atoms with E-state index in [9.17, 15) is 9.90 Å². The van der Waals surface area contributed by atoms with Gasteiger partial charge in [0.05, 0.1) is 18.4 Å². The molecule has 5 nitrogen and oxygen atoms in total. The summed E-state index contributed by atoms with van der Waals surface area (Å²) in [5.41, 5.74) is 8.81. The zero-order valence-corrected chi connectivity index (χ0v) is 14.4. The number of ether oxygens (including phenoxy) is 1. The summed E-state index contributed by atoms with van der Waals surface area (Å²) in [6.07, 6.45) is 2.91. The van der Waals surface area contributed by atoms with E-state index in [1.165, 1.54) is 0 Å². The predicted octanol–water partition coefficient (Wildman–Crippen LogP) is 2.94. The Hall–Kier alpha value is -2.56. The number of aromatic nitrogens is 1. The topological polar surface area (TPSA) is 85.4 Å². The number of methoxy groups -OCH3 is 1. The molecule has 3 N–H and O–H groups in total. The fourth-order valence-corrected chi connectivity index (χ4v) is 2.78. The third-order valence-corrected chi connectivity index (χ3v) is 4.13. The molecule has 0 spiro atoms. The number of carbonyl (C=O) groups excluding carboxylic acids is 1. The van der Waals surface area contributed by atoms with Crippen molar-refractivity contribution >= 4 is 5.91 Å². The van der Waals surface area contributed by atoms with Gasteiger partial charge in [-0.05, 0) is 49.4 Å². The number of carbonyl (C=O) groups is 1. The van der Waals surface area contributed by atoms with Crippen molar-refractivity contribution in [1.29, 1.82) is 0 Å². The van der Waals surface area contributed by atoms with Gasteiger partial charge in [-0.2, -0.15) is 0 Å². The van der Waals surface area contributed by atoms with Gasteiger partial charge < -0.3 is 15.6 Å². The van der Waals surface area contributed by atoms with Gasteiger partial charge in [0.25, 0.3) is 5.91 Å². The Bertz CT molecular complexity index is 724. The lowest BCUT2D eigenvalue weighted by Gasteiger charge is -2.14. The van der Waals surface area contributed by atoms with E-state index >= 15 is 0 Å². The maximum atomic E-state index is 11.7. The van der Waals surface area contributed by atoms with E-state index in [1.54, 1.807) is 14.0 Å².